The minimum atomic E-state index is -2.98. The van der Waals surface area contributed by atoms with Crippen molar-refractivity contribution in [1.82, 2.24) is 15.0 Å². The molecule has 156 valence electrons. The number of amides is 1. The van der Waals surface area contributed by atoms with Gasteiger partial charge in [0.05, 0.1) is 11.2 Å². The number of pyridine rings is 1. The molecule has 0 aliphatic carbocycles. The van der Waals surface area contributed by atoms with Gasteiger partial charge in [-0.15, -0.1) is 0 Å². The summed E-state index contributed by atoms with van der Waals surface area (Å²) in [5.74, 6) is -1.23. The number of carbonyl (C=O) groups excluding carboxylic acids is 1. The van der Waals surface area contributed by atoms with Crippen molar-refractivity contribution in [3.8, 4) is 17.0 Å². The first-order chi connectivity index (χ1) is 14.2. The minimum absolute atomic E-state index is 0.135. The number of nitrogens with two attached hydrogens (primary N) is 1. The lowest BCUT2D eigenvalue weighted by Gasteiger charge is -2.26. The molecule has 0 saturated carbocycles. The molecule has 1 aromatic carbocycles. The summed E-state index contributed by atoms with van der Waals surface area (Å²) in [5.41, 5.74) is 5.47. The fourth-order valence-electron chi connectivity index (χ4n) is 2.69. The Balaban J connectivity index is 1.82. The van der Waals surface area contributed by atoms with Gasteiger partial charge in [0.25, 0.3) is 0 Å². The van der Waals surface area contributed by atoms with Crippen LogP contribution in [-0.2, 0) is 5.54 Å². The molecular formula is C20H18F3N5O2. The number of ether oxygens (including phenoxy) is 1. The topological polar surface area (TPSA) is 103 Å². The van der Waals surface area contributed by atoms with Crippen LogP contribution in [0.5, 0.6) is 5.88 Å². The molecule has 0 fully saturated rings. The highest BCUT2D eigenvalue weighted by Crippen LogP contribution is 2.27. The Hall–Kier alpha value is -3.69. The van der Waals surface area contributed by atoms with E-state index >= 15 is 0 Å². The summed E-state index contributed by atoms with van der Waals surface area (Å²) in [6.45, 7) is 0.539. The number of hydrogen-bond donors (Lipinski definition) is 2. The molecule has 30 heavy (non-hydrogen) atoms. The molecule has 0 saturated heterocycles. The minimum Gasteiger partial charge on any atom is -0.417 e. The van der Waals surface area contributed by atoms with Crippen LogP contribution in [0, 0.1) is 5.82 Å². The molecule has 10 heteroatoms. The maximum Gasteiger partial charge on any atom is 0.388 e. The van der Waals surface area contributed by atoms with Crippen LogP contribution in [0.4, 0.5) is 19.1 Å². The molecule has 0 radical (unpaired) electrons. The largest absolute Gasteiger partial charge is 0.417 e. The molecule has 0 bridgehead atoms. The van der Waals surface area contributed by atoms with E-state index in [4.69, 9.17) is 5.73 Å². The van der Waals surface area contributed by atoms with E-state index < -0.39 is 23.9 Å². The second-order valence-corrected chi connectivity index (χ2v) is 6.84. The normalized spacial score (nSPS) is 11.4. The average molecular weight is 417 g/mol. The van der Waals surface area contributed by atoms with Crippen LogP contribution >= 0.6 is 0 Å². The van der Waals surface area contributed by atoms with Crippen LogP contribution in [0.3, 0.4) is 0 Å². The molecule has 1 amide bonds. The zero-order valence-corrected chi connectivity index (χ0v) is 16.1. The van der Waals surface area contributed by atoms with E-state index in [1.165, 1.54) is 30.6 Å². The lowest BCUT2D eigenvalue weighted by Crippen LogP contribution is -2.30. The van der Waals surface area contributed by atoms with E-state index in [2.05, 4.69) is 25.0 Å². The molecule has 2 aromatic heterocycles. The van der Waals surface area contributed by atoms with E-state index in [1.54, 1.807) is 26.0 Å². The average Bonchev–Trinajstić information content (AvgIpc) is 2.68. The van der Waals surface area contributed by atoms with Gasteiger partial charge in [0, 0.05) is 35.2 Å². The SMILES string of the molecule is CC(C)(Nc1ncc(-c2cc(C(N)=O)ccc2F)cn1)c1cccc(OC(F)F)n1. The molecule has 3 aromatic rings. The summed E-state index contributed by atoms with van der Waals surface area (Å²) in [5, 5.41) is 3.04. The first kappa shape index (κ1) is 21.0. The number of primary amides is 1. The van der Waals surface area contributed by atoms with Crippen molar-refractivity contribution in [1.29, 1.82) is 0 Å². The number of nitrogens with zero attached hydrogens (tertiary/aromatic N) is 3. The number of aromatic nitrogens is 3. The van der Waals surface area contributed by atoms with Gasteiger partial charge in [-0.2, -0.15) is 8.78 Å². The molecule has 0 unspecified atom stereocenters. The number of nitrogens with one attached hydrogen (secondary N) is 1. The molecule has 3 N–H and O–H groups in total. The lowest BCUT2D eigenvalue weighted by atomic mass is 10.00. The number of carbonyl (C=O) groups is 1. The zero-order chi connectivity index (χ0) is 21.9. The first-order valence-electron chi connectivity index (χ1n) is 8.78. The number of halogens is 3. The van der Waals surface area contributed by atoms with Crippen molar-refractivity contribution in [3.63, 3.8) is 0 Å². The van der Waals surface area contributed by atoms with Crippen LogP contribution in [0.15, 0.2) is 48.8 Å². The van der Waals surface area contributed by atoms with Crippen molar-refractivity contribution in [2.75, 3.05) is 5.32 Å². The molecule has 0 atom stereocenters. The molecule has 0 aliphatic heterocycles. The summed E-state index contributed by atoms with van der Waals surface area (Å²) in [7, 11) is 0. The summed E-state index contributed by atoms with van der Waals surface area (Å²) in [6, 6.07) is 8.27. The standard InChI is InChI=1S/C20H18F3N5O2/c1-20(2,15-4-3-5-16(27-15)30-18(22)23)28-19-25-9-12(10-26-19)13-8-11(17(24)29)6-7-14(13)21/h3-10,18H,1-2H3,(H2,24,29)(H,25,26,28). The summed E-state index contributed by atoms with van der Waals surface area (Å²) in [4.78, 5) is 23.7. The van der Waals surface area contributed by atoms with Crippen LogP contribution in [0.25, 0.3) is 11.1 Å². The quantitative estimate of drug-likeness (QED) is 0.607. The van der Waals surface area contributed by atoms with Crippen molar-refractivity contribution in [3.05, 3.63) is 65.9 Å². The molecule has 0 spiro atoms. The molecule has 3 rings (SSSR count). The van der Waals surface area contributed by atoms with Crippen molar-refractivity contribution in [2.24, 2.45) is 5.73 Å². The Morgan fingerprint density at radius 1 is 1.17 bits per heavy atom. The fourth-order valence-corrected chi connectivity index (χ4v) is 2.69. The Kier molecular flexibility index (Phi) is 5.86. The maximum atomic E-state index is 14.1. The number of rotatable bonds is 7. The highest BCUT2D eigenvalue weighted by Gasteiger charge is 2.24. The molecule has 7 nitrogen and oxygen atoms in total. The third-order valence-electron chi connectivity index (χ3n) is 4.21. The monoisotopic (exact) mass is 417 g/mol. The molecule has 0 aliphatic rings. The maximum absolute atomic E-state index is 14.1. The van der Waals surface area contributed by atoms with Crippen molar-refractivity contribution < 1.29 is 22.7 Å². The Labute approximate surface area is 170 Å². The van der Waals surface area contributed by atoms with Gasteiger partial charge in [0.2, 0.25) is 17.7 Å². The number of anilines is 1. The van der Waals surface area contributed by atoms with Gasteiger partial charge in [-0.05, 0) is 38.1 Å². The summed E-state index contributed by atoms with van der Waals surface area (Å²) in [6.07, 6.45) is 2.77. The van der Waals surface area contributed by atoms with Gasteiger partial charge < -0.3 is 15.8 Å². The van der Waals surface area contributed by atoms with Crippen LogP contribution in [0.1, 0.15) is 29.9 Å². The second kappa shape index (κ2) is 8.36. The zero-order valence-electron chi connectivity index (χ0n) is 16.1. The lowest BCUT2D eigenvalue weighted by molar-refractivity contribution is -0.0530. The first-order valence-corrected chi connectivity index (χ1v) is 8.78. The Bertz CT molecular complexity index is 1060. The van der Waals surface area contributed by atoms with E-state index in [1.807, 2.05) is 0 Å². The van der Waals surface area contributed by atoms with E-state index in [0.717, 1.165) is 6.07 Å². The summed E-state index contributed by atoms with van der Waals surface area (Å²) >= 11 is 0. The Morgan fingerprint density at radius 3 is 2.50 bits per heavy atom. The predicted molar refractivity (Wildman–Crippen MR) is 103 cm³/mol. The van der Waals surface area contributed by atoms with Gasteiger partial charge in [0.1, 0.15) is 5.82 Å². The second-order valence-electron chi connectivity index (χ2n) is 6.84. The van der Waals surface area contributed by atoms with Crippen LogP contribution < -0.4 is 15.8 Å². The highest BCUT2D eigenvalue weighted by molar-refractivity contribution is 5.94. The number of hydrogen-bond acceptors (Lipinski definition) is 6. The molecular weight excluding hydrogens is 399 g/mol. The smallest absolute Gasteiger partial charge is 0.388 e. The van der Waals surface area contributed by atoms with Gasteiger partial charge in [-0.3, -0.25) is 4.79 Å². The van der Waals surface area contributed by atoms with Gasteiger partial charge in [0.15, 0.2) is 0 Å². The molecule has 2 heterocycles. The van der Waals surface area contributed by atoms with Gasteiger partial charge in [-0.25, -0.2) is 19.3 Å². The van der Waals surface area contributed by atoms with E-state index in [-0.39, 0.29) is 23.0 Å². The van der Waals surface area contributed by atoms with Crippen molar-refractivity contribution >= 4 is 11.9 Å². The number of alkyl halides is 2. The Morgan fingerprint density at radius 2 is 1.87 bits per heavy atom. The summed E-state index contributed by atoms with van der Waals surface area (Å²) < 4.78 is 43.3. The predicted octanol–water partition coefficient (Wildman–Crippen LogP) is 3.73. The van der Waals surface area contributed by atoms with Crippen molar-refractivity contribution in [2.45, 2.75) is 26.0 Å². The van der Waals surface area contributed by atoms with E-state index in [0.29, 0.717) is 11.3 Å². The third kappa shape index (κ3) is 4.83. The third-order valence-corrected chi connectivity index (χ3v) is 4.21. The number of benzene rings is 1. The van der Waals surface area contributed by atoms with E-state index in [9.17, 15) is 18.0 Å². The van der Waals surface area contributed by atoms with Gasteiger partial charge >= 0.3 is 6.61 Å². The van der Waals surface area contributed by atoms with Crippen LogP contribution in [0.2, 0.25) is 0 Å². The highest BCUT2D eigenvalue weighted by atomic mass is 19.3. The van der Waals surface area contributed by atoms with Gasteiger partial charge in [-0.1, -0.05) is 6.07 Å². The van der Waals surface area contributed by atoms with Crippen LogP contribution in [-0.4, -0.2) is 27.5 Å². The fraction of sp³-hybridized carbons (Fsp3) is 0.200.